The van der Waals surface area contributed by atoms with Crippen LogP contribution in [-0.4, -0.2) is 23.4 Å². The summed E-state index contributed by atoms with van der Waals surface area (Å²) in [5, 5.41) is 0. The van der Waals surface area contributed by atoms with Crippen molar-refractivity contribution >= 4 is 5.91 Å². The second-order valence-electron chi connectivity index (χ2n) is 5.64. The van der Waals surface area contributed by atoms with Crippen LogP contribution in [0.4, 0.5) is 8.78 Å². The van der Waals surface area contributed by atoms with E-state index in [0.29, 0.717) is 6.54 Å². The van der Waals surface area contributed by atoms with E-state index in [1.165, 1.54) is 0 Å². The van der Waals surface area contributed by atoms with E-state index in [4.69, 9.17) is 0 Å². The molecular formula is C18H17F2NO. The molecule has 1 heterocycles. The van der Waals surface area contributed by atoms with Gasteiger partial charge < -0.3 is 4.90 Å². The Balaban J connectivity index is 1.79. The normalized spacial score (nSPS) is 17.7. The fourth-order valence-electron chi connectivity index (χ4n) is 3.04. The number of hydrogen-bond acceptors (Lipinski definition) is 1. The molecule has 2 aromatic carbocycles. The minimum absolute atomic E-state index is 0.0810. The molecule has 1 fully saturated rings. The summed E-state index contributed by atoms with van der Waals surface area (Å²) in [5.41, 5.74) is 1.25. The summed E-state index contributed by atoms with van der Waals surface area (Å²) < 4.78 is 26.6. The highest BCUT2D eigenvalue weighted by Crippen LogP contribution is 2.24. The molecule has 0 bridgehead atoms. The molecule has 0 N–H and O–H groups in total. The summed E-state index contributed by atoms with van der Waals surface area (Å²) in [6, 6.07) is 13.0. The molecule has 114 valence electrons. The molecule has 0 aromatic heterocycles. The van der Waals surface area contributed by atoms with Crippen LogP contribution in [0.25, 0.3) is 0 Å². The van der Waals surface area contributed by atoms with Gasteiger partial charge in [-0.05, 0) is 37.0 Å². The van der Waals surface area contributed by atoms with Crippen LogP contribution < -0.4 is 0 Å². The molecule has 2 nitrogen and oxygen atoms in total. The van der Waals surface area contributed by atoms with E-state index >= 15 is 0 Å². The number of amides is 1. The molecule has 1 aliphatic heterocycles. The molecule has 4 heteroatoms. The lowest BCUT2D eigenvalue weighted by Crippen LogP contribution is -2.36. The first-order valence-corrected chi connectivity index (χ1v) is 7.44. The lowest BCUT2D eigenvalue weighted by atomic mass is 10.0. The van der Waals surface area contributed by atoms with Gasteiger partial charge >= 0.3 is 0 Å². The average Bonchev–Trinajstić information content (AvgIpc) is 2.94. The van der Waals surface area contributed by atoms with Crippen molar-refractivity contribution in [2.24, 2.45) is 0 Å². The van der Waals surface area contributed by atoms with Crippen LogP contribution in [0, 0.1) is 11.6 Å². The van der Waals surface area contributed by atoms with Crippen LogP contribution in [0.1, 0.15) is 28.8 Å². The van der Waals surface area contributed by atoms with Crippen LogP contribution >= 0.6 is 0 Å². The van der Waals surface area contributed by atoms with Gasteiger partial charge in [0.15, 0.2) is 0 Å². The van der Waals surface area contributed by atoms with Gasteiger partial charge in [-0.25, -0.2) is 8.78 Å². The lowest BCUT2D eigenvalue weighted by Gasteiger charge is -2.25. The van der Waals surface area contributed by atoms with Gasteiger partial charge in [0.2, 0.25) is 0 Å². The Kier molecular flexibility index (Phi) is 4.18. The standard InChI is InChI=1S/C18H17F2NO/c19-15-10-14(11-16(20)12-15)18(22)21-8-4-7-17(21)9-13-5-2-1-3-6-13/h1-3,5-6,10-12,17H,4,7-9H2. The summed E-state index contributed by atoms with van der Waals surface area (Å²) >= 11 is 0. The minimum atomic E-state index is -0.720. The maximum atomic E-state index is 13.3. The SMILES string of the molecule is O=C(c1cc(F)cc(F)c1)N1CCCC1Cc1ccccc1. The summed E-state index contributed by atoms with van der Waals surface area (Å²) in [6.07, 6.45) is 2.60. The third kappa shape index (κ3) is 3.16. The number of carbonyl (C=O) groups excluding carboxylic acids is 1. The second kappa shape index (κ2) is 6.26. The first-order valence-electron chi connectivity index (χ1n) is 7.44. The average molecular weight is 301 g/mol. The van der Waals surface area contributed by atoms with E-state index in [2.05, 4.69) is 0 Å². The highest BCUT2D eigenvalue weighted by atomic mass is 19.1. The van der Waals surface area contributed by atoms with E-state index < -0.39 is 11.6 Å². The maximum Gasteiger partial charge on any atom is 0.254 e. The smallest absolute Gasteiger partial charge is 0.254 e. The van der Waals surface area contributed by atoms with Gasteiger partial charge in [0, 0.05) is 24.2 Å². The van der Waals surface area contributed by atoms with Crippen molar-refractivity contribution in [1.82, 2.24) is 4.90 Å². The van der Waals surface area contributed by atoms with Crippen molar-refractivity contribution in [2.75, 3.05) is 6.54 Å². The van der Waals surface area contributed by atoms with Gasteiger partial charge in [0.05, 0.1) is 0 Å². The number of nitrogens with zero attached hydrogens (tertiary/aromatic N) is 1. The van der Waals surface area contributed by atoms with E-state index in [-0.39, 0.29) is 17.5 Å². The zero-order chi connectivity index (χ0) is 15.5. The molecular weight excluding hydrogens is 284 g/mol. The molecule has 0 saturated carbocycles. The van der Waals surface area contributed by atoms with E-state index in [9.17, 15) is 13.6 Å². The Morgan fingerprint density at radius 3 is 2.45 bits per heavy atom. The molecule has 2 aromatic rings. The van der Waals surface area contributed by atoms with Gasteiger partial charge in [-0.1, -0.05) is 30.3 Å². The van der Waals surface area contributed by atoms with Gasteiger partial charge in [-0.15, -0.1) is 0 Å². The van der Waals surface area contributed by atoms with Crippen molar-refractivity contribution in [3.05, 3.63) is 71.3 Å². The van der Waals surface area contributed by atoms with E-state index in [0.717, 1.165) is 43.0 Å². The molecule has 0 radical (unpaired) electrons. The Morgan fingerprint density at radius 2 is 1.77 bits per heavy atom. The molecule has 0 spiro atoms. The zero-order valence-electron chi connectivity index (χ0n) is 12.1. The third-order valence-corrected chi connectivity index (χ3v) is 4.06. The molecule has 1 unspecified atom stereocenters. The number of halogens is 2. The molecule has 1 saturated heterocycles. The number of benzene rings is 2. The summed E-state index contributed by atoms with van der Waals surface area (Å²) in [4.78, 5) is 14.3. The van der Waals surface area contributed by atoms with Gasteiger partial charge in [-0.2, -0.15) is 0 Å². The molecule has 0 aliphatic carbocycles. The first kappa shape index (κ1) is 14.7. The number of likely N-dealkylation sites (tertiary alicyclic amines) is 1. The Hall–Kier alpha value is -2.23. The van der Waals surface area contributed by atoms with Crippen molar-refractivity contribution in [3.63, 3.8) is 0 Å². The van der Waals surface area contributed by atoms with Crippen molar-refractivity contribution in [3.8, 4) is 0 Å². The first-order chi connectivity index (χ1) is 10.6. The molecule has 1 amide bonds. The summed E-state index contributed by atoms with van der Waals surface area (Å²) in [5.74, 6) is -1.74. The molecule has 3 rings (SSSR count). The maximum absolute atomic E-state index is 13.3. The van der Waals surface area contributed by atoms with E-state index in [1.54, 1.807) is 4.90 Å². The van der Waals surface area contributed by atoms with Crippen LogP contribution in [0.3, 0.4) is 0 Å². The number of rotatable bonds is 3. The van der Waals surface area contributed by atoms with E-state index in [1.807, 2.05) is 30.3 Å². The number of hydrogen-bond donors (Lipinski definition) is 0. The molecule has 1 atom stereocenters. The summed E-state index contributed by atoms with van der Waals surface area (Å²) in [7, 11) is 0. The second-order valence-corrected chi connectivity index (χ2v) is 5.64. The van der Waals surface area contributed by atoms with Crippen molar-refractivity contribution < 1.29 is 13.6 Å². The predicted molar refractivity (Wildman–Crippen MR) is 80.6 cm³/mol. The number of carbonyl (C=O) groups is 1. The van der Waals surface area contributed by atoms with Crippen LogP contribution in [0.5, 0.6) is 0 Å². The monoisotopic (exact) mass is 301 g/mol. The largest absolute Gasteiger partial charge is 0.335 e. The van der Waals surface area contributed by atoms with Crippen LogP contribution in [0.2, 0.25) is 0 Å². The lowest BCUT2D eigenvalue weighted by molar-refractivity contribution is 0.0735. The predicted octanol–water partition coefficient (Wildman–Crippen LogP) is 3.81. The van der Waals surface area contributed by atoms with Crippen molar-refractivity contribution in [2.45, 2.75) is 25.3 Å². The van der Waals surface area contributed by atoms with Crippen LogP contribution in [-0.2, 0) is 6.42 Å². The van der Waals surface area contributed by atoms with Gasteiger partial charge in [0.25, 0.3) is 5.91 Å². The van der Waals surface area contributed by atoms with Crippen LogP contribution in [0.15, 0.2) is 48.5 Å². The topological polar surface area (TPSA) is 20.3 Å². The minimum Gasteiger partial charge on any atom is -0.335 e. The Morgan fingerprint density at radius 1 is 1.09 bits per heavy atom. The highest BCUT2D eigenvalue weighted by Gasteiger charge is 2.29. The Labute approximate surface area is 128 Å². The van der Waals surface area contributed by atoms with Gasteiger partial charge in [0.1, 0.15) is 11.6 Å². The fourth-order valence-corrected chi connectivity index (χ4v) is 3.04. The zero-order valence-corrected chi connectivity index (χ0v) is 12.1. The highest BCUT2D eigenvalue weighted by molar-refractivity contribution is 5.94. The van der Waals surface area contributed by atoms with Gasteiger partial charge in [-0.3, -0.25) is 4.79 Å². The third-order valence-electron chi connectivity index (χ3n) is 4.06. The molecule has 1 aliphatic rings. The fraction of sp³-hybridized carbons (Fsp3) is 0.278. The van der Waals surface area contributed by atoms with Crippen molar-refractivity contribution in [1.29, 1.82) is 0 Å². The quantitative estimate of drug-likeness (QED) is 0.844. The molecule has 22 heavy (non-hydrogen) atoms. The Bertz CT molecular complexity index is 652. The summed E-state index contributed by atoms with van der Waals surface area (Å²) in [6.45, 7) is 0.633.